The molecule has 5 nitrogen and oxygen atoms in total. The third-order valence-electron chi connectivity index (χ3n) is 4.07. The molecule has 3 aromatic rings. The van der Waals surface area contributed by atoms with Crippen LogP contribution in [-0.4, -0.2) is 28.1 Å². The van der Waals surface area contributed by atoms with Gasteiger partial charge < -0.3 is 15.5 Å². The summed E-state index contributed by atoms with van der Waals surface area (Å²) in [4.78, 5) is 12.4. The summed E-state index contributed by atoms with van der Waals surface area (Å²) in [5.41, 5.74) is 10.8. The Morgan fingerprint density at radius 2 is 1.88 bits per heavy atom. The number of hydrogen-bond acceptors (Lipinski definition) is 4. The molecule has 0 fully saturated rings. The van der Waals surface area contributed by atoms with E-state index in [-0.39, 0.29) is 0 Å². The van der Waals surface area contributed by atoms with Gasteiger partial charge in [-0.3, -0.25) is 4.98 Å². The van der Waals surface area contributed by atoms with Crippen LogP contribution in [0.15, 0.2) is 36.7 Å². The van der Waals surface area contributed by atoms with Gasteiger partial charge in [-0.05, 0) is 55.6 Å². The van der Waals surface area contributed by atoms with Crippen molar-refractivity contribution in [2.75, 3.05) is 13.2 Å². The molecule has 0 bridgehead atoms. The van der Waals surface area contributed by atoms with Crippen molar-refractivity contribution in [2.24, 2.45) is 5.73 Å². The maximum atomic E-state index is 5.68. The second kappa shape index (κ2) is 7.93. The Bertz CT molecular complexity index is 780. The monoisotopic (exact) mass is 324 g/mol. The average Bonchev–Trinajstić information content (AvgIpc) is 2.99. The minimum absolute atomic E-state index is 0.647. The van der Waals surface area contributed by atoms with Gasteiger partial charge in [-0.2, -0.15) is 0 Å². The fourth-order valence-electron chi connectivity index (χ4n) is 2.80. The smallest absolute Gasteiger partial charge is 0.156 e. The molecule has 0 aliphatic rings. The van der Waals surface area contributed by atoms with E-state index in [1.54, 1.807) is 12.4 Å². The highest BCUT2D eigenvalue weighted by atomic mass is 16.5. The zero-order valence-electron chi connectivity index (χ0n) is 14.1. The van der Waals surface area contributed by atoms with Crippen molar-refractivity contribution >= 4 is 11.2 Å². The highest BCUT2D eigenvalue weighted by Gasteiger charge is 2.14. The van der Waals surface area contributed by atoms with E-state index < -0.39 is 0 Å². The van der Waals surface area contributed by atoms with Gasteiger partial charge in [0.2, 0.25) is 0 Å². The predicted octanol–water partition coefficient (Wildman–Crippen LogP) is 3.70. The van der Waals surface area contributed by atoms with Gasteiger partial charge in [0.15, 0.2) is 5.65 Å². The van der Waals surface area contributed by atoms with Crippen LogP contribution in [0.25, 0.3) is 22.4 Å². The van der Waals surface area contributed by atoms with E-state index >= 15 is 0 Å². The lowest BCUT2D eigenvalue weighted by Gasteiger charge is -2.07. The highest BCUT2D eigenvalue weighted by Crippen LogP contribution is 2.30. The molecule has 1 aromatic carbocycles. The molecule has 0 radical (unpaired) electrons. The fraction of sp³-hybridized carbons (Fsp3) is 0.368. The van der Waals surface area contributed by atoms with E-state index in [9.17, 15) is 0 Å². The molecule has 2 heterocycles. The zero-order valence-corrected chi connectivity index (χ0v) is 14.1. The Balaban J connectivity index is 1.90. The number of aromatic amines is 1. The first-order valence-corrected chi connectivity index (χ1v) is 8.58. The zero-order chi connectivity index (χ0) is 16.8. The number of H-pyrrole nitrogens is 1. The number of unbranched alkanes of at least 4 members (excludes halogenated alkanes) is 1. The number of nitrogens with zero attached hydrogens (tertiary/aromatic N) is 2. The predicted molar refractivity (Wildman–Crippen MR) is 97.1 cm³/mol. The minimum Gasteiger partial charge on any atom is -0.494 e. The van der Waals surface area contributed by atoms with E-state index in [1.807, 2.05) is 12.1 Å². The first-order valence-electron chi connectivity index (χ1n) is 8.58. The number of benzene rings is 1. The number of nitrogens with two attached hydrogens (primary N) is 1. The van der Waals surface area contributed by atoms with E-state index in [1.165, 1.54) is 5.56 Å². The van der Waals surface area contributed by atoms with Gasteiger partial charge in [-0.1, -0.05) is 13.3 Å². The van der Waals surface area contributed by atoms with Crippen molar-refractivity contribution in [1.29, 1.82) is 0 Å². The summed E-state index contributed by atoms with van der Waals surface area (Å²) in [5, 5.41) is 0. The first-order chi connectivity index (χ1) is 11.8. The molecule has 0 atom stereocenters. The Morgan fingerprint density at radius 3 is 2.62 bits per heavy atom. The largest absolute Gasteiger partial charge is 0.494 e. The van der Waals surface area contributed by atoms with Crippen LogP contribution in [-0.2, 0) is 6.42 Å². The van der Waals surface area contributed by atoms with Gasteiger partial charge >= 0.3 is 0 Å². The number of ether oxygens (including phenoxy) is 1. The third kappa shape index (κ3) is 3.57. The summed E-state index contributed by atoms with van der Waals surface area (Å²) in [7, 11) is 0. The van der Waals surface area contributed by atoms with Gasteiger partial charge in [-0.15, -0.1) is 0 Å². The molecule has 3 N–H and O–H groups in total. The summed E-state index contributed by atoms with van der Waals surface area (Å²) in [6, 6.07) is 8.17. The summed E-state index contributed by atoms with van der Waals surface area (Å²) in [5.74, 6) is 0.870. The molecule has 24 heavy (non-hydrogen) atoms. The molecule has 2 aromatic heterocycles. The van der Waals surface area contributed by atoms with Crippen molar-refractivity contribution in [3.8, 4) is 17.0 Å². The lowest BCUT2D eigenvalue weighted by molar-refractivity contribution is 0.313. The fourth-order valence-corrected chi connectivity index (χ4v) is 2.80. The van der Waals surface area contributed by atoms with E-state index in [4.69, 9.17) is 10.5 Å². The normalized spacial score (nSPS) is 11.1. The van der Waals surface area contributed by atoms with E-state index in [2.05, 4.69) is 34.0 Å². The number of aromatic nitrogens is 3. The Hall–Kier alpha value is -2.40. The lowest BCUT2D eigenvalue weighted by Crippen LogP contribution is -2.05. The molecule has 0 aliphatic heterocycles. The maximum Gasteiger partial charge on any atom is 0.156 e. The van der Waals surface area contributed by atoms with Crippen LogP contribution in [0.3, 0.4) is 0 Å². The van der Waals surface area contributed by atoms with Gasteiger partial charge in [0.25, 0.3) is 0 Å². The molecule has 126 valence electrons. The third-order valence-corrected chi connectivity index (χ3v) is 4.07. The molecule has 0 amide bonds. The summed E-state index contributed by atoms with van der Waals surface area (Å²) in [6.07, 6.45) is 7.63. The van der Waals surface area contributed by atoms with Gasteiger partial charge in [0.05, 0.1) is 12.3 Å². The first kappa shape index (κ1) is 16.5. The van der Waals surface area contributed by atoms with Crippen molar-refractivity contribution in [1.82, 2.24) is 15.0 Å². The summed E-state index contributed by atoms with van der Waals surface area (Å²) >= 11 is 0. The number of fused-ring (bicyclic) bond motifs is 1. The Morgan fingerprint density at radius 1 is 1.08 bits per heavy atom. The molecule has 0 aliphatic carbocycles. The number of rotatable bonds is 8. The standard InChI is InChI=1S/C19H24N4O/c1-2-3-5-16-17(23-19-18(16)21-11-12-22-19)14-6-8-15(9-7-14)24-13-4-10-20/h6-9,11-12H,2-5,10,13,20H2,1H3,(H,22,23). The van der Waals surface area contributed by atoms with Crippen LogP contribution in [0, 0.1) is 0 Å². The molecule has 0 spiro atoms. The van der Waals surface area contributed by atoms with Crippen LogP contribution < -0.4 is 10.5 Å². The van der Waals surface area contributed by atoms with Crippen LogP contribution in [0.2, 0.25) is 0 Å². The van der Waals surface area contributed by atoms with Crippen molar-refractivity contribution < 1.29 is 4.74 Å². The maximum absolute atomic E-state index is 5.68. The quantitative estimate of drug-likeness (QED) is 0.619. The average molecular weight is 324 g/mol. The molecule has 0 unspecified atom stereocenters. The molecule has 5 heteroatoms. The molecule has 0 saturated carbocycles. The second-order valence-corrected chi connectivity index (χ2v) is 5.85. The van der Waals surface area contributed by atoms with Crippen molar-refractivity contribution in [2.45, 2.75) is 32.6 Å². The highest BCUT2D eigenvalue weighted by molar-refractivity contribution is 5.85. The minimum atomic E-state index is 0.647. The lowest BCUT2D eigenvalue weighted by atomic mass is 10.0. The van der Waals surface area contributed by atoms with Crippen LogP contribution >= 0.6 is 0 Å². The summed E-state index contributed by atoms with van der Waals surface area (Å²) in [6.45, 7) is 3.50. The van der Waals surface area contributed by atoms with Crippen molar-refractivity contribution in [3.05, 3.63) is 42.2 Å². The SMILES string of the molecule is CCCCc1c(-c2ccc(OCCCN)cc2)[nH]c2nccnc12. The number of nitrogens with one attached hydrogen (secondary N) is 1. The van der Waals surface area contributed by atoms with Crippen LogP contribution in [0.1, 0.15) is 31.7 Å². The molecular formula is C19H24N4O. The van der Waals surface area contributed by atoms with E-state index in [0.29, 0.717) is 13.2 Å². The topological polar surface area (TPSA) is 76.8 Å². The molecular weight excluding hydrogens is 300 g/mol. The Labute approximate surface area is 142 Å². The van der Waals surface area contributed by atoms with Crippen molar-refractivity contribution in [3.63, 3.8) is 0 Å². The van der Waals surface area contributed by atoms with Gasteiger partial charge in [-0.25, -0.2) is 4.98 Å². The second-order valence-electron chi connectivity index (χ2n) is 5.85. The van der Waals surface area contributed by atoms with E-state index in [0.717, 1.165) is 53.9 Å². The molecule has 3 rings (SSSR count). The number of hydrogen-bond donors (Lipinski definition) is 2. The number of aryl methyl sites for hydroxylation is 1. The van der Waals surface area contributed by atoms with Gasteiger partial charge in [0.1, 0.15) is 11.3 Å². The van der Waals surface area contributed by atoms with Crippen LogP contribution in [0.4, 0.5) is 0 Å². The van der Waals surface area contributed by atoms with Crippen LogP contribution in [0.5, 0.6) is 5.75 Å². The summed E-state index contributed by atoms with van der Waals surface area (Å²) < 4.78 is 5.68. The Kier molecular flexibility index (Phi) is 5.43. The van der Waals surface area contributed by atoms with Gasteiger partial charge in [0, 0.05) is 18.0 Å². The molecule has 0 saturated heterocycles.